The Bertz CT molecular complexity index is 884. The number of nitro groups is 1. The number of nitro benzene ring substituents is 1. The first-order chi connectivity index (χ1) is 13.6. The zero-order valence-electron chi connectivity index (χ0n) is 15.7. The summed E-state index contributed by atoms with van der Waals surface area (Å²) in [6, 6.07) is 17.1. The Balaban J connectivity index is 1.35. The largest absolute Gasteiger partial charge is 0.463 e. The molecule has 2 aromatic carbocycles. The van der Waals surface area contributed by atoms with Gasteiger partial charge in [-0.2, -0.15) is 4.98 Å². The molecule has 0 unspecified atom stereocenters. The summed E-state index contributed by atoms with van der Waals surface area (Å²) in [4.78, 5) is 16.9. The van der Waals surface area contributed by atoms with Gasteiger partial charge < -0.3 is 9.64 Å². The van der Waals surface area contributed by atoms with E-state index < -0.39 is 0 Å². The van der Waals surface area contributed by atoms with E-state index in [1.165, 1.54) is 11.5 Å². The van der Waals surface area contributed by atoms with Crippen molar-refractivity contribution < 1.29 is 9.66 Å². The molecule has 146 valence electrons. The van der Waals surface area contributed by atoms with Crippen LogP contribution in [-0.2, 0) is 6.42 Å². The van der Waals surface area contributed by atoms with Gasteiger partial charge in [-0.15, -0.1) is 4.37 Å². The van der Waals surface area contributed by atoms with Gasteiger partial charge in [-0.3, -0.25) is 10.1 Å². The lowest BCUT2D eigenvalue weighted by molar-refractivity contribution is -0.384. The van der Waals surface area contributed by atoms with Crippen LogP contribution >= 0.6 is 11.5 Å². The summed E-state index contributed by atoms with van der Waals surface area (Å²) in [5.41, 5.74) is 2.26. The van der Waals surface area contributed by atoms with Crippen molar-refractivity contribution in [3.05, 3.63) is 70.3 Å². The molecule has 0 amide bonds. The SMILES string of the molecule is CN(CCCOc1nsc(-c2ccccc2)n1)CCc1ccc([N+](=O)[O-])cc1. The number of ether oxygens (including phenoxy) is 1. The maximum atomic E-state index is 10.7. The first kappa shape index (κ1) is 19.9. The lowest BCUT2D eigenvalue weighted by Crippen LogP contribution is -2.23. The number of benzene rings is 2. The molecule has 3 aromatic rings. The Kier molecular flexibility index (Phi) is 7.05. The van der Waals surface area contributed by atoms with Crippen LogP contribution in [-0.4, -0.2) is 45.9 Å². The third-order valence-corrected chi connectivity index (χ3v) is 5.02. The fraction of sp³-hybridized carbons (Fsp3) is 0.300. The molecule has 28 heavy (non-hydrogen) atoms. The van der Waals surface area contributed by atoms with Gasteiger partial charge in [0.05, 0.1) is 11.5 Å². The first-order valence-electron chi connectivity index (χ1n) is 9.05. The van der Waals surface area contributed by atoms with Crippen molar-refractivity contribution in [1.82, 2.24) is 14.3 Å². The van der Waals surface area contributed by atoms with E-state index >= 15 is 0 Å². The Morgan fingerprint density at radius 1 is 1.11 bits per heavy atom. The number of nitrogens with zero attached hydrogens (tertiary/aromatic N) is 4. The van der Waals surface area contributed by atoms with Crippen LogP contribution in [0, 0.1) is 10.1 Å². The molecule has 1 aromatic heterocycles. The molecule has 0 saturated heterocycles. The van der Waals surface area contributed by atoms with Crippen LogP contribution in [0.4, 0.5) is 5.69 Å². The molecule has 0 radical (unpaired) electrons. The first-order valence-corrected chi connectivity index (χ1v) is 9.83. The molecule has 0 bridgehead atoms. The Labute approximate surface area is 167 Å². The Hall–Kier alpha value is -2.84. The molecule has 0 N–H and O–H groups in total. The van der Waals surface area contributed by atoms with Crippen molar-refractivity contribution in [2.45, 2.75) is 12.8 Å². The highest BCUT2D eigenvalue weighted by molar-refractivity contribution is 7.09. The van der Waals surface area contributed by atoms with Gasteiger partial charge in [0.2, 0.25) is 0 Å². The van der Waals surface area contributed by atoms with Crippen molar-refractivity contribution in [3.63, 3.8) is 0 Å². The summed E-state index contributed by atoms with van der Waals surface area (Å²) in [5.74, 6) is 0. The molecule has 1 heterocycles. The molecule has 0 aliphatic heterocycles. The van der Waals surface area contributed by atoms with Crippen molar-refractivity contribution in [3.8, 4) is 16.6 Å². The topological polar surface area (TPSA) is 81.4 Å². The minimum absolute atomic E-state index is 0.125. The van der Waals surface area contributed by atoms with Crippen molar-refractivity contribution >= 4 is 17.2 Å². The molecule has 0 saturated carbocycles. The highest BCUT2D eigenvalue weighted by Gasteiger charge is 2.08. The van der Waals surface area contributed by atoms with E-state index in [1.54, 1.807) is 12.1 Å². The van der Waals surface area contributed by atoms with Crippen LogP contribution in [0.15, 0.2) is 54.6 Å². The molecule has 0 spiro atoms. The highest BCUT2D eigenvalue weighted by Crippen LogP contribution is 2.23. The Morgan fingerprint density at radius 2 is 1.86 bits per heavy atom. The highest BCUT2D eigenvalue weighted by atomic mass is 32.1. The van der Waals surface area contributed by atoms with E-state index in [2.05, 4.69) is 21.3 Å². The molecular formula is C20H22N4O3S. The predicted octanol–water partition coefficient (Wildman–Crippen LogP) is 4.06. The number of aromatic nitrogens is 2. The zero-order valence-corrected chi connectivity index (χ0v) is 16.5. The average molecular weight is 398 g/mol. The van der Waals surface area contributed by atoms with Crippen LogP contribution in [0.25, 0.3) is 10.6 Å². The summed E-state index contributed by atoms with van der Waals surface area (Å²) >= 11 is 1.34. The standard InChI is InChI=1S/C20H22N4O3S/c1-23(14-12-16-8-10-18(11-9-16)24(25)26)13-5-15-27-20-21-19(28-22-20)17-6-3-2-4-7-17/h2-4,6-11H,5,12-15H2,1H3. The number of non-ortho nitro benzene ring substituents is 1. The summed E-state index contributed by atoms with van der Waals surface area (Å²) in [7, 11) is 2.06. The van der Waals surface area contributed by atoms with E-state index in [4.69, 9.17) is 4.74 Å². The summed E-state index contributed by atoms with van der Waals surface area (Å²) in [6.45, 7) is 2.33. The minimum atomic E-state index is -0.379. The van der Waals surface area contributed by atoms with Gasteiger partial charge in [-0.25, -0.2) is 0 Å². The molecule has 0 aliphatic rings. The second kappa shape index (κ2) is 9.91. The smallest absolute Gasteiger partial charge is 0.328 e. The Morgan fingerprint density at radius 3 is 2.57 bits per heavy atom. The van der Waals surface area contributed by atoms with Gasteiger partial charge >= 0.3 is 6.01 Å². The van der Waals surface area contributed by atoms with Crippen LogP contribution in [0.5, 0.6) is 6.01 Å². The van der Waals surface area contributed by atoms with Crippen molar-refractivity contribution in [2.75, 3.05) is 26.7 Å². The van der Waals surface area contributed by atoms with E-state index in [1.807, 2.05) is 42.5 Å². The van der Waals surface area contributed by atoms with E-state index in [9.17, 15) is 10.1 Å². The molecular weight excluding hydrogens is 376 g/mol. The average Bonchev–Trinajstić information content (AvgIpc) is 3.19. The fourth-order valence-electron chi connectivity index (χ4n) is 2.68. The maximum Gasteiger partial charge on any atom is 0.328 e. The van der Waals surface area contributed by atoms with Gasteiger partial charge in [0, 0.05) is 30.8 Å². The third kappa shape index (κ3) is 5.83. The zero-order chi connectivity index (χ0) is 19.8. The lowest BCUT2D eigenvalue weighted by Gasteiger charge is -2.16. The minimum Gasteiger partial charge on any atom is -0.463 e. The molecule has 7 nitrogen and oxygen atoms in total. The van der Waals surface area contributed by atoms with Crippen LogP contribution in [0.1, 0.15) is 12.0 Å². The molecule has 3 rings (SSSR count). The van der Waals surface area contributed by atoms with Crippen molar-refractivity contribution in [1.29, 1.82) is 0 Å². The maximum absolute atomic E-state index is 10.7. The number of hydrogen-bond donors (Lipinski definition) is 0. The van der Waals surface area contributed by atoms with Gasteiger partial charge in [0.25, 0.3) is 5.69 Å². The summed E-state index contributed by atoms with van der Waals surface area (Å²) < 4.78 is 9.91. The summed E-state index contributed by atoms with van der Waals surface area (Å²) in [6.07, 6.45) is 1.72. The van der Waals surface area contributed by atoms with Crippen LogP contribution < -0.4 is 4.74 Å². The third-order valence-electron chi connectivity index (χ3n) is 4.27. The number of rotatable bonds is 10. The molecule has 0 atom stereocenters. The van der Waals surface area contributed by atoms with Gasteiger partial charge in [-0.05, 0) is 37.0 Å². The summed E-state index contributed by atoms with van der Waals surface area (Å²) in [5, 5.41) is 11.5. The molecule has 8 heteroatoms. The second-order valence-corrected chi connectivity index (χ2v) is 7.18. The second-order valence-electron chi connectivity index (χ2n) is 6.43. The number of likely N-dealkylation sites (N-methyl/N-ethyl adjacent to an activating group) is 1. The monoisotopic (exact) mass is 398 g/mol. The van der Waals surface area contributed by atoms with Crippen molar-refractivity contribution in [2.24, 2.45) is 0 Å². The molecule has 0 aliphatic carbocycles. The van der Waals surface area contributed by atoms with Gasteiger partial charge in [0.1, 0.15) is 5.01 Å². The van der Waals surface area contributed by atoms with Gasteiger partial charge in [0.15, 0.2) is 0 Å². The van der Waals surface area contributed by atoms with Crippen LogP contribution in [0.3, 0.4) is 0 Å². The fourth-order valence-corrected chi connectivity index (χ4v) is 3.30. The number of hydrogen-bond acceptors (Lipinski definition) is 7. The molecule has 0 fully saturated rings. The lowest BCUT2D eigenvalue weighted by atomic mass is 10.1. The van der Waals surface area contributed by atoms with E-state index in [0.29, 0.717) is 12.6 Å². The predicted molar refractivity (Wildman–Crippen MR) is 110 cm³/mol. The normalized spacial score (nSPS) is 10.9. The van der Waals surface area contributed by atoms with E-state index in [-0.39, 0.29) is 10.6 Å². The van der Waals surface area contributed by atoms with Crippen LogP contribution in [0.2, 0.25) is 0 Å². The quantitative estimate of drug-likeness (QED) is 0.291. The van der Waals surface area contributed by atoms with Gasteiger partial charge in [-0.1, -0.05) is 42.5 Å². The van der Waals surface area contributed by atoms with E-state index in [0.717, 1.165) is 42.1 Å².